The van der Waals surface area contributed by atoms with Crippen LogP contribution in [0.2, 0.25) is 0 Å². The summed E-state index contributed by atoms with van der Waals surface area (Å²) in [6.45, 7) is 1.27. The van der Waals surface area contributed by atoms with Crippen molar-refractivity contribution in [1.29, 1.82) is 0 Å². The summed E-state index contributed by atoms with van der Waals surface area (Å²) < 4.78 is 1.73. The molecule has 23 heavy (non-hydrogen) atoms. The topological polar surface area (TPSA) is 94.1 Å². The van der Waals surface area contributed by atoms with E-state index in [1.165, 1.54) is 0 Å². The molecule has 2 aromatic rings. The van der Waals surface area contributed by atoms with Crippen LogP contribution in [0.25, 0.3) is 0 Å². The van der Waals surface area contributed by atoms with E-state index in [-0.39, 0.29) is 11.7 Å². The highest BCUT2D eigenvalue weighted by molar-refractivity contribution is 5.98. The lowest BCUT2D eigenvalue weighted by Gasteiger charge is -2.33. The number of anilines is 1. The fourth-order valence-electron chi connectivity index (χ4n) is 3.01. The molecule has 0 bridgehead atoms. The molecule has 2 aromatic heterocycles. The molecule has 0 spiro atoms. The van der Waals surface area contributed by atoms with Gasteiger partial charge in [-0.15, -0.1) is 0 Å². The predicted octanol–water partition coefficient (Wildman–Crippen LogP) is 1.01. The second kappa shape index (κ2) is 6.20. The Balaban J connectivity index is 1.83. The van der Waals surface area contributed by atoms with Crippen molar-refractivity contribution < 1.29 is 9.59 Å². The molecule has 0 saturated carbocycles. The smallest absolute Gasteiger partial charge is 0.252 e. The van der Waals surface area contributed by atoms with Gasteiger partial charge >= 0.3 is 0 Å². The molecule has 0 aliphatic carbocycles. The van der Waals surface area contributed by atoms with Gasteiger partial charge in [-0.05, 0) is 25.0 Å². The quantitative estimate of drug-likeness (QED) is 0.850. The Kier molecular flexibility index (Phi) is 4.10. The molecule has 0 unspecified atom stereocenters. The van der Waals surface area contributed by atoms with Crippen LogP contribution in [-0.4, -0.2) is 39.3 Å². The number of amides is 1. The Morgan fingerprint density at radius 1 is 1.30 bits per heavy atom. The summed E-state index contributed by atoms with van der Waals surface area (Å²) in [5.74, 6) is 0.377. The van der Waals surface area contributed by atoms with E-state index in [0.29, 0.717) is 23.8 Å². The monoisotopic (exact) mass is 313 g/mol. The molecule has 7 heteroatoms. The second-order valence-corrected chi connectivity index (χ2v) is 5.75. The van der Waals surface area contributed by atoms with Crippen LogP contribution < -0.4 is 10.6 Å². The molecule has 2 N–H and O–H groups in total. The Bertz CT molecular complexity index is 740. The van der Waals surface area contributed by atoms with Crippen LogP contribution in [-0.2, 0) is 7.05 Å². The van der Waals surface area contributed by atoms with Crippen LogP contribution >= 0.6 is 0 Å². The summed E-state index contributed by atoms with van der Waals surface area (Å²) in [5, 5.41) is 0. The van der Waals surface area contributed by atoms with E-state index in [4.69, 9.17) is 5.73 Å². The molecule has 1 fully saturated rings. The number of piperidine rings is 1. The third-order valence-electron chi connectivity index (χ3n) is 4.19. The van der Waals surface area contributed by atoms with E-state index >= 15 is 0 Å². The molecule has 1 amide bonds. The molecule has 3 rings (SSSR count). The number of nitrogens with two attached hydrogens (primary N) is 1. The zero-order chi connectivity index (χ0) is 16.4. The molecular weight excluding hydrogens is 294 g/mol. The lowest BCUT2D eigenvalue weighted by atomic mass is 9.93. The van der Waals surface area contributed by atoms with Crippen molar-refractivity contribution in [3.8, 4) is 0 Å². The maximum absolute atomic E-state index is 12.7. The molecule has 1 atom stereocenters. The molecule has 7 nitrogen and oxygen atoms in total. The molecule has 3 heterocycles. The van der Waals surface area contributed by atoms with Gasteiger partial charge in [-0.2, -0.15) is 0 Å². The number of carbonyl (C=O) groups excluding carboxylic acids is 2. The number of ketones is 1. The number of nitrogens with zero attached hydrogens (tertiary/aromatic N) is 4. The second-order valence-electron chi connectivity index (χ2n) is 5.75. The highest BCUT2D eigenvalue weighted by atomic mass is 16.1. The Labute approximate surface area is 134 Å². The van der Waals surface area contributed by atoms with Gasteiger partial charge < -0.3 is 15.2 Å². The number of hydrogen-bond acceptors (Lipinski definition) is 5. The molecular formula is C16H19N5O2. The fourth-order valence-corrected chi connectivity index (χ4v) is 3.01. The van der Waals surface area contributed by atoms with Crippen LogP contribution in [0, 0.1) is 5.92 Å². The van der Waals surface area contributed by atoms with Gasteiger partial charge in [0.05, 0.1) is 5.56 Å². The van der Waals surface area contributed by atoms with Crippen LogP contribution in [0.3, 0.4) is 0 Å². The minimum absolute atomic E-state index is 0.0266. The first-order chi connectivity index (χ1) is 11.1. The zero-order valence-corrected chi connectivity index (χ0v) is 13.0. The lowest BCUT2D eigenvalue weighted by Crippen LogP contribution is -2.40. The minimum Gasteiger partial charge on any atom is -0.365 e. The summed E-state index contributed by atoms with van der Waals surface area (Å²) in [7, 11) is 1.81. The van der Waals surface area contributed by atoms with Crippen molar-refractivity contribution in [3.05, 3.63) is 42.1 Å². The Morgan fingerprint density at radius 2 is 2.13 bits per heavy atom. The zero-order valence-electron chi connectivity index (χ0n) is 13.0. The highest BCUT2D eigenvalue weighted by Gasteiger charge is 2.30. The SMILES string of the molecule is Cn1ccnc1C(=O)[C@@H]1CCCN(c2ncccc2C(N)=O)C1. The van der Waals surface area contributed by atoms with Gasteiger partial charge in [0.25, 0.3) is 5.91 Å². The third kappa shape index (κ3) is 2.94. The van der Waals surface area contributed by atoms with Crippen molar-refractivity contribution in [3.63, 3.8) is 0 Å². The molecule has 1 aliphatic rings. The number of hydrogen-bond donors (Lipinski definition) is 1. The van der Waals surface area contributed by atoms with Crippen LogP contribution in [0.15, 0.2) is 30.7 Å². The third-order valence-corrected chi connectivity index (χ3v) is 4.19. The summed E-state index contributed by atoms with van der Waals surface area (Å²) in [4.78, 5) is 34.6. The molecule has 0 aromatic carbocycles. The van der Waals surface area contributed by atoms with Crippen molar-refractivity contribution in [2.75, 3.05) is 18.0 Å². The fraction of sp³-hybridized carbons (Fsp3) is 0.375. The number of imidazole rings is 1. The number of aryl methyl sites for hydroxylation is 1. The number of carbonyl (C=O) groups is 2. The van der Waals surface area contributed by atoms with Gasteiger partial charge in [0.15, 0.2) is 5.82 Å². The van der Waals surface area contributed by atoms with E-state index in [1.807, 2.05) is 11.9 Å². The maximum Gasteiger partial charge on any atom is 0.252 e. The van der Waals surface area contributed by atoms with E-state index in [2.05, 4.69) is 9.97 Å². The van der Waals surface area contributed by atoms with Gasteiger partial charge in [-0.3, -0.25) is 9.59 Å². The predicted molar refractivity (Wildman–Crippen MR) is 85.2 cm³/mol. The van der Waals surface area contributed by atoms with Crippen molar-refractivity contribution in [2.24, 2.45) is 18.7 Å². The van der Waals surface area contributed by atoms with Crippen molar-refractivity contribution >= 4 is 17.5 Å². The van der Waals surface area contributed by atoms with Crippen LogP contribution in [0.1, 0.15) is 33.8 Å². The summed E-state index contributed by atoms with van der Waals surface area (Å²) >= 11 is 0. The number of Topliss-reactive ketones (excluding diaryl/α,β-unsaturated/α-hetero) is 1. The Hall–Kier alpha value is -2.70. The average Bonchev–Trinajstić information content (AvgIpc) is 3.00. The van der Waals surface area contributed by atoms with Gasteiger partial charge in [0, 0.05) is 44.6 Å². The van der Waals surface area contributed by atoms with E-state index in [1.54, 1.807) is 35.3 Å². The first kappa shape index (κ1) is 15.2. The number of pyridine rings is 1. The molecule has 120 valence electrons. The van der Waals surface area contributed by atoms with E-state index in [0.717, 1.165) is 19.4 Å². The molecule has 0 radical (unpaired) electrons. The largest absolute Gasteiger partial charge is 0.365 e. The average molecular weight is 313 g/mol. The van der Waals surface area contributed by atoms with E-state index < -0.39 is 5.91 Å². The summed E-state index contributed by atoms with van der Waals surface area (Å²) in [5.41, 5.74) is 5.81. The number of primary amides is 1. The Morgan fingerprint density at radius 3 is 2.83 bits per heavy atom. The molecule has 1 saturated heterocycles. The van der Waals surface area contributed by atoms with Gasteiger partial charge in [-0.25, -0.2) is 9.97 Å². The molecule has 1 aliphatic heterocycles. The summed E-state index contributed by atoms with van der Waals surface area (Å²) in [6.07, 6.45) is 6.68. The maximum atomic E-state index is 12.7. The number of rotatable bonds is 4. The van der Waals surface area contributed by atoms with Gasteiger partial charge in [0.2, 0.25) is 5.78 Å². The van der Waals surface area contributed by atoms with Gasteiger partial charge in [-0.1, -0.05) is 0 Å². The number of aromatic nitrogens is 3. The van der Waals surface area contributed by atoms with Crippen molar-refractivity contribution in [2.45, 2.75) is 12.8 Å². The highest BCUT2D eigenvalue weighted by Crippen LogP contribution is 2.26. The summed E-state index contributed by atoms with van der Waals surface area (Å²) in [6, 6.07) is 3.35. The van der Waals surface area contributed by atoms with Crippen LogP contribution in [0.4, 0.5) is 5.82 Å². The van der Waals surface area contributed by atoms with Crippen molar-refractivity contribution in [1.82, 2.24) is 14.5 Å². The first-order valence-corrected chi connectivity index (χ1v) is 7.59. The van der Waals surface area contributed by atoms with E-state index in [9.17, 15) is 9.59 Å². The lowest BCUT2D eigenvalue weighted by molar-refractivity contribution is 0.0893. The standard InChI is InChI=1S/C16H19N5O2/c1-20-9-7-19-16(20)13(22)11-4-3-8-21(10-11)15-12(14(17)23)5-2-6-18-15/h2,5-7,9,11H,3-4,8,10H2,1H3,(H2,17,23)/t11-/m1/s1. The van der Waals surface area contributed by atoms with Gasteiger partial charge in [0.1, 0.15) is 5.82 Å². The first-order valence-electron chi connectivity index (χ1n) is 7.59. The minimum atomic E-state index is -0.509. The normalized spacial score (nSPS) is 18.0. The van der Waals surface area contributed by atoms with Crippen LogP contribution in [0.5, 0.6) is 0 Å².